The molecule has 1 atom stereocenters. The van der Waals surface area contributed by atoms with Crippen molar-refractivity contribution in [3.05, 3.63) is 97.9 Å². The van der Waals surface area contributed by atoms with Gasteiger partial charge in [0.1, 0.15) is 12.6 Å². The topological polar surface area (TPSA) is 86.8 Å². The number of halogens is 3. The van der Waals surface area contributed by atoms with E-state index in [-0.39, 0.29) is 18.9 Å². The molecule has 11 heteroatoms. The van der Waals surface area contributed by atoms with Crippen LogP contribution in [0.2, 0.25) is 10.0 Å². The SMILES string of the molecule is CCCCNC(=O)[C@H](Cc1ccccc1)N(Cc1ccc(Cl)c(Cl)c1)C(=O)CN(c1ccc(Br)c(C)c1)S(C)(=O)=O. The van der Waals surface area contributed by atoms with Crippen LogP contribution < -0.4 is 9.62 Å². The van der Waals surface area contributed by atoms with Gasteiger partial charge in [-0.2, -0.15) is 0 Å². The number of nitrogens with zero attached hydrogens (tertiary/aromatic N) is 2. The van der Waals surface area contributed by atoms with Crippen molar-refractivity contribution >= 4 is 66.7 Å². The predicted octanol–water partition coefficient (Wildman–Crippen LogP) is 6.39. The normalized spacial score (nSPS) is 12.0. The molecule has 0 radical (unpaired) electrons. The molecular weight excluding hydrogens is 649 g/mol. The molecule has 0 heterocycles. The first kappa shape index (κ1) is 32.9. The zero-order chi connectivity index (χ0) is 30.2. The molecule has 3 aromatic rings. The van der Waals surface area contributed by atoms with Crippen LogP contribution in [0.3, 0.4) is 0 Å². The average molecular weight is 683 g/mol. The van der Waals surface area contributed by atoms with Gasteiger partial charge in [-0.3, -0.25) is 13.9 Å². The molecule has 0 spiro atoms. The van der Waals surface area contributed by atoms with Crippen LogP contribution in [0.5, 0.6) is 0 Å². The molecule has 0 unspecified atom stereocenters. The first-order chi connectivity index (χ1) is 19.4. The number of rotatable bonds is 13. The van der Waals surface area contributed by atoms with Gasteiger partial charge in [0.15, 0.2) is 0 Å². The molecule has 2 amide bonds. The molecule has 7 nitrogen and oxygen atoms in total. The molecule has 0 bridgehead atoms. The second-order valence-corrected chi connectivity index (χ2v) is 13.4. The van der Waals surface area contributed by atoms with Crippen molar-refractivity contribution in [3.8, 4) is 0 Å². The third-order valence-corrected chi connectivity index (χ3v) is 9.32. The lowest BCUT2D eigenvalue weighted by Crippen LogP contribution is -2.53. The molecule has 3 aromatic carbocycles. The monoisotopic (exact) mass is 681 g/mol. The summed E-state index contributed by atoms with van der Waals surface area (Å²) in [6.07, 6.45) is 2.97. The van der Waals surface area contributed by atoms with Gasteiger partial charge in [0, 0.05) is 24.0 Å². The Kier molecular flexibility index (Phi) is 12.1. The van der Waals surface area contributed by atoms with Crippen LogP contribution in [-0.4, -0.2) is 50.5 Å². The van der Waals surface area contributed by atoms with E-state index in [1.54, 1.807) is 36.4 Å². The van der Waals surface area contributed by atoms with E-state index < -0.39 is 28.5 Å². The summed E-state index contributed by atoms with van der Waals surface area (Å²) in [4.78, 5) is 29.2. The maximum absolute atomic E-state index is 14.1. The Bertz CT molecular complexity index is 1470. The van der Waals surface area contributed by atoms with E-state index in [2.05, 4.69) is 21.2 Å². The maximum Gasteiger partial charge on any atom is 0.244 e. The molecular formula is C30H34BrCl2N3O4S. The van der Waals surface area contributed by atoms with Gasteiger partial charge in [-0.25, -0.2) is 8.42 Å². The van der Waals surface area contributed by atoms with Crippen LogP contribution in [0, 0.1) is 6.92 Å². The van der Waals surface area contributed by atoms with Gasteiger partial charge in [0.05, 0.1) is 22.0 Å². The van der Waals surface area contributed by atoms with Gasteiger partial charge in [-0.15, -0.1) is 0 Å². The minimum Gasteiger partial charge on any atom is -0.354 e. The fraction of sp³-hybridized carbons (Fsp3) is 0.333. The van der Waals surface area contributed by atoms with E-state index in [1.165, 1.54) is 4.90 Å². The van der Waals surface area contributed by atoms with Crippen molar-refractivity contribution < 1.29 is 18.0 Å². The lowest BCUT2D eigenvalue weighted by molar-refractivity contribution is -0.140. The summed E-state index contributed by atoms with van der Waals surface area (Å²) >= 11 is 15.8. The molecule has 1 N–H and O–H groups in total. The number of nitrogens with one attached hydrogen (secondary N) is 1. The zero-order valence-corrected chi connectivity index (χ0v) is 27.2. The van der Waals surface area contributed by atoms with E-state index in [0.29, 0.717) is 27.8 Å². The molecule has 0 aromatic heterocycles. The van der Waals surface area contributed by atoms with Crippen molar-refractivity contribution in [1.29, 1.82) is 0 Å². The largest absolute Gasteiger partial charge is 0.354 e. The number of amides is 2. The molecule has 41 heavy (non-hydrogen) atoms. The Hall–Kier alpha value is -2.59. The van der Waals surface area contributed by atoms with Gasteiger partial charge in [-0.1, -0.05) is 88.9 Å². The van der Waals surface area contributed by atoms with Crippen LogP contribution in [0.25, 0.3) is 0 Å². The lowest BCUT2D eigenvalue weighted by atomic mass is 10.0. The van der Waals surface area contributed by atoms with E-state index in [4.69, 9.17) is 23.2 Å². The van der Waals surface area contributed by atoms with Crippen molar-refractivity contribution in [1.82, 2.24) is 10.2 Å². The van der Waals surface area contributed by atoms with Crippen LogP contribution in [0.4, 0.5) is 5.69 Å². The van der Waals surface area contributed by atoms with Gasteiger partial charge < -0.3 is 10.2 Å². The first-order valence-electron chi connectivity index (χ1n) is 13.2. The molecule has 0 saturated carbocycles. The minimum atomic E-state index is -3.85. The van der Waals surface area contributed by atoms with Crippen molar-refractivity contribution in [2.24, 2.45) is 0 Å². The van der Waals surface area contributed by atoms with Crippen molar-refractivity contribution in [3.63, 3.8) is 0 Å². The van der Waals surface area contributed by atoms with Crippen LogP contribution in [-0.2, 0) is 32.6 Å². The molecule has 220 valence electrons. The fourth-order valence-electron chi connectivity index (χ4n) is 4.29. The van der Waals surface area contributed by atoms with Gasteiger partial charge in [0.2, 0.25) is 21.8 Å². The summed E-state index contributed by atoms with van der Waals surface area (Å²) < 4.78 is 27.7. The van der Waals surface area contributed by atoms with Gasteiger partial charge in [-0.05, 0) is 60.4 Å². The zero-order valence-electron chi connectivity index (χ0n) is 23.2. The Labute approximate surface area is 261 Å². The highest BCUT2D eigenvalue weighted by Crippen LogP contribution is 2.27. The summed E-state index contributed by atoms with van der Waals surface area (Å²) in [6, 6.07) is 18.6. The van der Waals surface area contributed by atoms with Crippen LogP contribution in [0.1, 0.15) is 36.5 Å². The highest BCUT2D eigenvalue weighted by molar-refractivity contribution is 9.10. The molecule has 0 fully saturated rings. The highest BCUT2D eigenvalue weighted by Gasteiger charge is 2.33. The molecule has 0 aliphatic heterocycles. The minimum absolute atomic E-state index is 0.0192. The Balaban J connectivity index is 2.06. The molecule has 0 aliphatic carbocycles. The number of anilines is 1. The summed E-state index contributed by atoms with van der Waals surface area (Å²) in [5, 5.41) is 3.63. The second kappa shape index (κ2) is 15.0. The first-order valence-corrected chi connectivity index (χ1v) is 16.6. The quantitative estimate of drug-likeness (QED) is 0.212. The van der Waals surface area contributed by atoms with Gasteiger partial charge in [0.25, 0.3) is 0 Å². The Morgan fingerprint density at radius 1 is 0.976 bits per heavy atom. The smallest absolute Gasteiger partial charge is 0.244 e. The van der Waals surface area contributed by atoms with E-state index in [1.807, 2.05) is 44.2 Å². The third-order valence-electron chi connectivity index (χ3n) is 6.55. The predicted molar refractivity (Wildman–Crippen MR) is 170 cm³/mol. The van der Waals surface area contributed by atoms with Crippen LogP contribution >= 0.6 is 39.1 Å². The standard InChI is InChI=1S/C30H34BrCl2N3O4S/c1-4-5-15-34-30(38)28(18-22-9-7-6-8-10-22)35(19-23-11-14-26(32)27(33)17-23)29(37)20-36(41(3,39)40)24-12-13-25(31)21(2)16-24/h6-14,16-17,28H,4-5,15,18-20H2,1-3H3,(H,34,38)/t28-/m0/s1. The van der Waals surface area contributed by atoms with Gasteiger partial charge >= 0.3 is 0 Å². The highest BCUT2D eigenvalue weighted by atomic mass is 79.9. The summed E-state index contributed by atoms with van der Waals surface area (Å²) in [5.74, 6) is -0.852. The van der Waals surface area contributed by atoms with E-state index >= 15 is 0 Å². The fourth-order valence-corrected chi connectivity index (χ4v) is 5.70. The Morgan fingerprint density at radius 3 is 2.29 bits per heavy atom. The number of hydrogen-bond donors (Lipinski definition) is 1. The van der Waals surface area contributed by atoms with Crippen molar-refractivity contribution in [2.45, 2.75) is 45.7 Å². The molecule has 3 rings (SSSR count). The van der Waals surface area contributed by atoms with Crippen molar-refractivity contribution in [2.75, 3.05) is 23.7 Å². The second-order valence-electron chi connectivity index (χ2n) is 9.82. The number of sulfonamides is 1. The summed E-state index contributed by atoms with van der Waals surface area (Å²) in [6.45, 7) is 3.85. The number of carbonyl (C=O) groups is 2. The van der Waals surface area contributed by atoms with E-state index in [0.717, 1.165) is 39.0 Å². The molecule has 0 saturated heterocycles. The summed E-state index contributed by atoms with van der Waals surface area (Å²) in [7, 11) is -3.85. The lowest BCUT2D eigenvalue weighted by Gasteiger charge is -2.33. The maximum atomic E-state index is 14.1. The third kappa shape index (κ3) is 9.46. The Morgan fingerprint density at radius 2 is 1.68 bits per heavy atom. The number of carbonyl (C=O) groups excluding carboxylic acids is 2. The van der Waals surface area contributed by atoms with Crippen LogP contribution in [0.15, 0.2) is 71.2 Å². The number of hydrogen-bond acceptors (Lipinski definition) is 4. The number of benzene rings is 3. The van der Waals surface area contributed by atoms with E-state index in [9.17, 15) is 18.0 Å². The average Bonchev–Trinajstić information content (AvgIpc) is 2.92. The number of aryl methyl sites for hydroxylation is 1. The summed E-state index contributed by atoms with van der Waals surface area (Å²) in [5.41, 5.74) is 2.67. The number of unbranched alkanes of at least 4 members (excludes halogenated alkanes) is 1. The molecule has 0 aliphatic rings.